The summed E-state index contributed by atoms with van der Waals surface area (Å²) >= 11 is 0. The second kappa shape index (κ2) is 13.3. The molecule has 0 unspecified atom stereocenters. The minimum atomic E-state index is 0.564. The van der Waals surface area contributed by atoms with Gasteiger partial charge in [0.05, 0.1) is 33.4 Å². The van der Waals surface area contributed by atoms with Crippen LogP contribution in [-0.2, 0) is 6.54 Å². The third kappa shape index (κ3) is 5.62. The van der Waals surface area contributed by atoms with Crippen molar-refractivity contribution in [1.29, 1.82) is 0 Å². The highest BCUT2D eigenvalue weighted by Gasteiger charge is 2.21. The molecule has 0 saturated heterocycles. The van der Waals surface area contributed by atoms with Gasteiger partial charge < -0.3 is 4.90 Å². The maximum absolute atomic E-state index is 5.28. The van der Waals surface area contributed by atoms with Crippen LogP contribution in [0.3, 0.4) is 0 Å². The van der Waals surface area contributed by atoms with Gasteiger partial charge >= 0.3 is 0 Å². The summed E-state index contributed by atoms with van der Waals surface area (Å²) < 4.78 is 4.51. The molecular formula is C46H34N6. The average Bonchev–Trinajstić information content (AvgIpc) is 3.81. The zero-order valence-electron chi connectivity index (χ0n) is 28.4. The van der Waals surface area contributed by atoms with Crippen LogP contribution in [0, 0.1) is 0 Å². The normalized spacial score (nSPS) is 11.2. The third-order valence-corrected chi connectivity index (χ3v) is 9.41. The lowest BCUT2D eigenvalue weighted by molar-refractivity contribution is 0.973. The fraction of sp³-hybridized carbons (Fsp3) is 0.0217. The molecule has 2 heterocycles. The SMILES string of the molecule is C=Nc1ccccc1N(Cc1cc(-c2nc3ccccc3n2-c2ccccc2)cc(-c2nc3ccccc3n2-c2ccccc2)c1)c1ccccc1. The lowest BCUT2D eigenvalue weighted by Gasteiger charge is -2.27. The zero-order valence-corrected chi connectivity index (χ0v) is 28.4. The highest BCUT2D eigenvalue weighted by Crippen LogP contribution is 2.38. The predicted molar refractivity (Wildman–Crippen MR) is 215 cm³/mol. The first-order chi connectivity index (χ1) is 25.7. The van der Waals surface area contributed by atoms with Crippen molar-refractivity contribution in [3.05, 3.63) is 188 Å². The van der Waals surface area contributed by atoms with Gasteiger partial charge in [0.2, 0.25) is 0 Å². The number of benzene rings is 7. The van der Waals surface area contributed by atoms with E-state index < -0.39 is 0 Å². The van der Waals surface area contributed by atoms with Crippen LogP contribution in [0.15, 0.2) is 187 Å². The minimum Gasteiger partial charge on any atom is -0.335 e. The van der Waals surface area contributed by atoms with Crippen molar-refractivity contribution in [3.8, 4) is 34.2 Å². The maximum atomic E-state index is 5.28. The van der Waals surface area contributed by atoms with Gasteiger partial charge in [0.1, 0.15) is 11.6 Å². The molecule has 0 saturated carbocycles. The van der Waals surface area contributed by atoms with Crippen molar-refractivity contribution in [2.24, 2.45) is 4.99 Å². The van der Waals surface area contributed by atoms with Crippen molar-refractivity contribution >= 4 is 45.8 Å². The van der Waals surface area contributed by atoms with E-state index in [1.807, 2.05) is 48.5 Å². The van der Waals surface area contributed by atoms with Gasteiger partial charge in [0, 0.05) is 34.7 Å². The number of imidazole rings is 2. The van der Waals surface area contributed by atoms with E-state index in [0.717, 1.165) is 78.8 Å². The topological polar surface area (TPSA) is 51.2 Å². The van der Waals surface area contributed by atoms with Gasteiger partial charge in [-0.05, 0) is 103 Å². The van der Waals surface area contributed by atoms with Gasteiger partial charge in [-0.3, -0.25) is 14.1 Å². The number of aromatic nitrogens is 4. The molecule has 0 bridgehead atoms. The smallest absolute Gasteiger partial charge is 0.145 e. The van der Waals surface area contributed by atoms with E-state index in [0.29, 0.717) is 6.54 Å². The first kappa shape index (κ1) is 31.0. The summed E-state index contributed by atoms with van der Waals surface area (Å²) in [4.78, 5) is 17.3. The van der Waals surface area contributed by atoms with E-state index in [9.17, 15) is 0 Å². The molecule has 52 heavy (non-hydrogen) atoms. The molecule has 0 N–H and O–H groups in total. The number of fused-ring (bicyclic) bond motifs is 2. The van der Waals surface area contributed by atoms with Gasteiger partial charge in [0.25, 0.3) is 0 Å². The molecule has 0 aliphatic heterocycles. The second-order valence-corrected chi connectivity index (χ2v) is 12.7. The Morgan fingerprint density at radius 3 is 1.50 bits per heavy atom. The standard InChI is InChI=1S/C46H34N6/c1-47-39-23-11-14-26-42(39)50(36-17-5-2-6-18-36)32-33-29-34(45-48-40-24-12-15-27-43(40)51(45)37-19-7-3-8-20-37)31-35(30-33)46-49-41-25-13-16-28-44(41)52(46)38-21-9-4-10-22-38/h2-31H,1,32H2. The summed E-state index contributed by atoms with van der Waals surface area (Å²) in [6.45, 7) is 4.47. The molecule has 7 aromatic carbocycles. The van der Waals surface area contributed by atoms with Crippen molar-refractivity contribution in [1.82, 2.24) is 19.1 Å². The number of hydrogen-bond donors (Lipinski definition) is 0. The summed E-state index contributed by atoms with van der Waals surface area (Å²) in [7, 11) is 0. The molecule has 0 atom stereocenters. The number of hydrogen-bond acceptors (Lipinski definition) is 4. The summed E-state index contributed by atoms with van der Waals surface area (Å²) in [5, 5.41) is 0. The van der Waals surface area contributed by atoms with Crippen molar-refractivity contribution < 1.29 is 0 Å². The van der Waals surface area contributed by atoms with Crippen LogP contribution in [0.25, 0.3) is 56.2 Å². The molecule has 9 aromatic rings. The van der Waals surface area contributed by atoms with Crippen molar-refractivity contribution in [2.45, 2.75) is 6.54 Å². The number of anilines is 2. The molecule has 0 aliphatic rings. The monoisotopic (exact) mass is 670 g/mol. The van der Waals surface area contributed by atoms with Crippen molar-refractivity contribution in [3.63, 3.8) is 0 Å². The van der Waals surface area contributed by atoms with Crippen LogP contribution >= 0.6 is 0 Å². The number of aliphatic imine (C=N–C) groups is 1. The van der Waals surface area contributed by atoms with Crippen LogP contribution in [-0.4, -0.2) is 25.8 Å². The molecule has 6 nitrogen and oxygen atoms in total. The fourth-order valence-corrected chi connectivity index (χ4v) is 7.09. The zero-order chi connectivity index (χ0) is 34.9. The lowest BCUT2D eigenvalue weighted by atomic mass is 10.0. The number of rotatable bonds is 9. The first-order valence-corrected chi connectivity index (χ1v) is 17.3. The molecule has 0 spiro atoms. The fourth-order valence-electron chi connectivity index (χ4n) is 7.09. The van der Waals surface area contributed by atoms with Crippen LogP contribution in [0.1, 0.15) is 5.56 Å². The Bertz CT molecular complexity index is 2540. The summed E-state index contributed by atoms with van der Waals surface area (Å²) in [6.07, 6.45) is 0. The van der Waals surface area contributed by atoms with E-state index in [4.69, 9.17) is 9.97 Å². The molecular weight excluding hydrogens is 637 g/mol. The Labute approximate surface area is 302 Å². The molecule has 0 radical (unpaired) electrons. The minimum absolute atomic E-state index is 0.564. The van der Waals surface area contributed by atoms with Gasteiger partial charge in [-0.15, -0.1) is 0 Å². The van der Waals surface area contributed by atoms with E-state index >= 15 is 0 Å². The quantitative estimate of drug-likeness (QED) is 0.144. The van der Waals surface area contributed by atoms with Gasteiger partial charge in [-0.25, -0.2) is 9.97 Å². The van der Waals surface area contributed by atoms with E-state index in [-0.39, 0.29) is 0 Å². The Morgan fingerprint density at radius 1 is 0.500 bits per heavy atom. The maximum Gasteiger partial charge on any atom is 0.145 e. The molecule has 2 aromatic heterocycles. The number of para-hydroxylation sites is 9. The van der Waals surface area contributed by atoms with Crippen LogP contribution in [0.2, 0.25) is 0 Å². The second-order valence-electron chi connectivity index (χ2n) is 12.7. The summed E-state index contributed by atoms with van der Waals surface area (Å²) in [5.74, 6) is 1.72. The van der Waals surface area contributed by atoms with Gasteiger partial charge in [0.15, 0.2) is 0 Å². The highest BCUT2D eigenvalue weighted by atomic mass is 15.1. The van der Waals surface area contributed by atoms with Gasteiger partial charge in [-0.1, -0.05) is 91.0 Å². The number of nitrogens with zero attached hydrogens (tertiary/aromatic N) is 6. The van der Waals surface area contributed by atoms with Gasteiger partial charge in [-0.2, -0.15) is 0 Å². The Morgan fingerprint density at radius 2 is 0.962 bits per heavy atom. The largest absolute Gasteiger partial charge is 0.335 e. The van der Waals surface area contributed by atoms with E-state index in [1.165, 1.54) is 0 Å². The molecule has 0 amide bonds. The molecule has 0 aliphatic carbocycles. The Kier molecular flexibility index (Phi) is 7.95. The van der Waals surface area contributed by atoms with Crippen LogP contribution in [0.4, 0.5) is 17.1 Å². The molecule has 9 rings (SSSR count). The van der Waals surface area contributed by atoms with Crippen LogP contribution in [0.5, 0.6) is 0 Å². The summed E-state index contributed by atoms with van der Waals surface area (Å²) in [6, 6.07) is 62.9. The lowest BCUT2D eigenvalue weighted by Crippen LogP contribution is -2.17. The molecule has 6 heteroatoms. The van der Waals surface area contributed by atoms with Crippen molar-refractivity contribution in [2.75, 3.05) is 4.90 Å². The first-order valence-electron chi connectivity index (χ1n) is 17.3. The molecule has 248 valence electrons. The highest BCUT2D eigenvalue weighted by molar-refractivity contribution is 5.87. The third-order valence-electron chi connectivity index (χ3n) is 9.41. The Balaban J connectivity index is 1.31. The van der Waals surface area contributed by atoms with E-state index in [2.05, 4.69) is 159 Å². The summed E-state index contributed by atoms with van der Waals surface area (Å²) in [5.41, 5.74) is 12.0. The van der Waals surface area contributed by atoms with Crippen LogP contribution < -0.4 is 4.90 Å². The average molecular weight is 671 g/mol. The predicted octanol–water partition coefficient (Wildman–Crippen LogP) is 11.4. The van der Waals surface area contributed by atoms with E-state index in [1.54, 1.807) is 0 Å². The molecule has 0 fully saturated rings. The Hall–Kier alpha value is -7.05.